The number of ether oxygens (including phenoxy) is 3. The Morgan fingerprint density at radius 2 is 1.88 bits per heavy atom. The van der Waals surface area contributed by atoms with Crippen LogP contribution in [0.25, 0.3) is 11.6 Å². The van der Waals surface area contributed by atoms with Crippen LogP contribution in [0.4, 0.5) is 5.69 Å². The van der Waals surface area contributed by atoms with Gasteiger partial charge in [0.05, 0.1) is 29.2 Å². The maximum Gasteiger partial charge on any atom is 0.336 e. The molecule has 2 aromatic carbocycles. The summed E-state index contributed by atoms with van der Waals surface area (Å²) < 4.78 is 15.4. The van der Waals surface area contributed by atoms with Crippen molar-refractivity contribution < 1.29 is 29.0 Å². The van der Waals surface area contributed by atoms with Gasteiger partial charge in [0.2, 0.25) is 6.79 Å². The number of nitrogens with zero attached hydrogens (tertiary/aromatic N) is 1. The topological polar surface area (TPSA) is 108 Å². The lowest BCUT2D eigenvalue weighted by molar-refractivity contribution is -0.385. The molecule has 3 rings (SSSR count). The van der Waals surface area contributed by atoms with Crippen molar-refractivity contribution >= 4 is 23.3 Å². The third kappa shape index (κ3) is 3.23. The van der Waals surface area contributed by atoms with Crippen LogP contribution in [-0.4, -0.2) is 29.9 Å². The second-order valence-electron chi connectivity index (χ2n) is 5.11. The summed E-state index contributed by atoms with van der Waals surface area (Å²) in [6.07, 6.45) is 1.24. The predicted molar refractivity (Wildman–Crippen MR) is 87.7 cm³/mol. The summed E-state index contributed by atoms with van der Waals surface area (Å²) in [5.74, 6) is -0.0545. The first-order valence-electron chi connectivity index (χ1n) is 7.17. The molecule has 0 aliphatic carbocycles. The Kier molecular flexibility index (Phi) is 4.25. The van der Waals surface area contributed by atoms with E-state index in [1.807, 2.05) is 0 Å². The van der Waals surface area contributed by atoms with Crippen molar-refractivity contribution in [1.29, 1.82) is 0 Å². The minimum atomic E-state index is -1.21. The normalized spacial score (nSPS) is 12.8. The van der Waals surface area contributed by atoms with Crippen LogP contribution in [0.5, 0.6) is 17.2 Å². The van der Waals surface area contributed by atoms with Gasteiger partial charge < -0.3 is 19.3 Å². The average Bonchev–Trinajstić information content (AvgIpc) is 3.06. The zero-order valence-electron chi connectivity index (χ0n) is 13.1. The smallest absolute Gasteiger partial charge is 0.336 e. The molecule has 1 aliphatic rings. The largest absolute Gasteiger partial charge is 0.497 e. The van der Waals surface area contributed by atoms with Crippen LogP contribution >= 0.6 is 0 Å². The first kappa shape index (κ1) is 16.3. The second kappa shape index (κ2) is 6.52. The van der Waals surface area contributed by atoms with Gasteiger partial charge in [-0.1, -0.05) is 12.1 Å². The highest BCUT2D eigenvalue weighted by molar-refractivity contribution is 6.21. The Balaban J connectivity index is 2.11. The summed E-state index contributed by atoms with van der Waals surface area (Å²) in [6.45, 7) is -0.0378. The first-order chi connectivity index (χ1) is 12.0. The Labute approximate surface area is 142 Å². The monoisotopic (exact) mass is 343 g/mol. The molecule has 0 unspecified atom stereocenters. The fraction of sp³-hybridized carbons (Fsp3) is 0.118. The van der Waals surface area contributed by atoms with Gasteiger partial charge in [-0.25, -0.2) is 4.79 Å². The fourth-order valence-corrected chi connectivity index (χ4v) is 2.42. The maximum atomic E-state index is 11.6. The number of methoxy groups -OCH3 is 1. The zero-order chi connectivity index (χ0) is 18.0. The van der Waals surface area contributed by atoms with E-state index >= 15 is 0 Å². The van der Waals surface area contributed by atoms with Crippen LogP contribution < -0.4 is 14.2 Å². The Hall–Kier alpha value is -3.55. The maximum absolute atomic E-state index is 11.6. The van der Waals surface area contributed by atoms with E-state index in [1.54, 1.807) is 24.3 Å². The fourth-order valence-electron chi connectivity index (χ4n) is 2.42. The van der Waals surface area contributed by atoms with Crippen LogP contribution in [-0.2, 0) is 4.79 Å². The van der Waals surface area contributed by atoms with Crippen molar-refractivity contribution in [2.24, 2.45) is 0 Å². The van der Waals surface area contributed by atoms with E-state index in [9.17, 15) is 20.0 Å². The summed E-state index contributed by atoms with van der Waals surface area (Å²) in [5.41, 5.74) is 0.142. The molecule has 0 atom stereocenters. The standard InChI is InChI=1S/C17H13NO7/c1-23-12-4-2-10(3-5-12)13(17(19)20)6-11-7-15-16(25-9-24-15)8-14(11)18(21)22/h2-8H,9H2,1H3,(H,19,20)/b13-6-. The van der Waals surface area contributed by atoms with Gasteiger partial charge >= 0.3 is 5.97 Å². The molecular weight excluding hydrogens is 330 g/mol. The molecule has 0 bridgehead atoms. The summed E-state index contributed by atoms with van der Waals surface area (Å²) in [7, 11) is 1.50. The molecule has 25 heavy (non-hydrogen) atoms. The molecular formula is C17H13NO7. The highest BCUT2D eigenvalue weighted by Gasteiger charge is 2.23. The molecule has 0 saturated carbocycles. The molecule has 2 aromatic rings. The third-order valence-electron chi connectivity index (χ3n) is 3.65. The molecule has 0 amide bonds. The molecule has 0 radical (unpaired) electrons. The molecule has 1 heterocycles. The van der Waals surface area contributed by atoms with Crippen LogP contribution in [0.3, 0.4) is 0 Å². The number of aliphatic carboxylic acids is 1. The van der Waals surface area contributed by atoms with Crippen LogP contribution in [0.1, 0.15) is 11.1 Å². The summed E-state index contributed by atoms with van der Waals surface area (Å²) in [6, 6.07) is 8.98. The lowest BCUT2D eigenvalue weighted by Crippen LogP contribution is -2.01. The lowest BCUT2D eigenvalue weighted by Gasteiger charge is -2.06. The molecule has 0 spiro atoms. The van der Waals surface area contributed by atoms with E-state index in [1.165, 1.54) is 25.3 Å². The minimum absolute atomic E-state index is 0.0378. The van der Waals surface area contributed by atoms with Gasteiger partial charge in [-0.15, -0.1) is 0 Å². The van der Waals surface area contributed by atoms with Gasteiger partial charge in [0.1, 0.15) is 5.75 Å². The number of hydrogen-bond acceptors (Lipinski definition) is 6. The van der Waals surface area contributed by atoms with Gasteiger partial charge in [-0.05, 0) is 29.8 Å². The van der Waals surface area contributed by atoms with Gasteiger partial charge in [0.15, 0.2) is 11.5 Å². The van der Waals surface area contributed by atoms with Crippen molar-refractivity contribution in [3.05, 3.63) is 57.6 Å². The van der Waals surface area contributed by atoms with E-state index in [2.05, 4.69) is 0 Å². The number of nitro groups is 1. The SMILES string of the molecule is COc1ccc(/C(=C/c2cc3c(cc2[N+](=O)[O-])OCO3)C(=O)O)cc1. The molecule has 1 N–H and O–H groups in total. The van der Waals surface area contributed by atoms with Gasteiger partial charge in [0.25, 0.3) is 5.69 Å². The molecule has 1 aliphatic heterocycles. The minimum Gasteiger partial charge on any atom is -0.497 e. The first-order valence-corrected chi connectivity index (χ1v) is 7.17. The Bertz CT molecular complexity index is 871. The number of carboxylic acid groups (broad SMARTS) is 1. The van der Waals surface area contributed by atoms with Crippen molar-refractivity contribution in [2.75, 3.05) is 13.9 Å². The number of carbonyl (C=O) groups is 1. The number of benzene rings is 2. The number of fused-ring (bicyclic) bond motifs is 1. The zero-order valence-corrected chi connectivity index (χ0v) is 13.1. The number of carboxylic acids is 1. The highest BCUT2D eigenvalue weighted by atomic mass is 16.7. The van der Waals surface area contributed by atoms with E-state index < -0.39 is 10.9 Å². The summed E-state index contributed by atoms with van der Waals surface area (Å²) in [4.78, 5) is 22.4. The van der Waals surface area contributed by atoms with Crippen LogP contribution in [0.2, 0.25) is 0 Å². The summed E-state index contributed by atoms with van der Waals surface area (Å²) in [5, 5.41) is 20.8. The van der Waals surface area contributed by atoms with Crippen molar-refractivity contribution in [1.82, 2.24) is 0 Å². The van der Waals surface area contributed by atoms with Gasteiger partial charge in [-0.2, -0.15) is 0 Å². The van der Waals surface area contributed by atoms with E-state index in [4.69, 9.17) is 14.2 Å². The molecule has 8 nitrogen and oxygen atoms in total. The summed E-state index contributed by atoms with van der Waals surface area (Å²) >= 11 is 0. The average molecular weight is 343 g/mol. The molecule has 8 heteroatoms. The predicted octanol–water partition coefficient (Wildman–Crippen LogP) is 2.96. The highest BCUT2D eigenvalue weighted by Crippen LogP contribution is 2.39. The second-order valence-corrected chi connectivity index (χ2v) is 5.11. The lowest BCUT2D eigenvalue weighted by atomic mass is 10.0. The van der Waals surface area contributed by atoms with Crippen molar-refractivity contribution in [2.45, 2.75) is 0 Å². The van der Waals surface area contributed by atoms with Crippen LogP contribution in [0.15, 0.2) is 36.4 Å². The quantitative estimate of drug-likeness (QED) is 0.385. The Morgan fingerprint density at radius 3 is 2.44 bits per heavy atom. The van der Waals surface area contributed by atoms with Gasteiger partial charge in [-0.3, -0.25) is 10.1 Å². The molecule has 0 aromatic heterocycles. The number of rotatable bonds is 5. The van der Waals surface area contributed by atoms with Gasteiger partial charge in [0, 0.05) is 0 Å². The molecule has 0 saturated heterocycles. The van der Waals surface area contributed by atoms with E-state index in [0.29, 0.717) is 17.1 Å². The van der Waals surface area contributed by atoms with E-state index in [-0.39, 0.29) is 29.4 Å². The van der Waals surface area contributed by atoms with E-state index in [0.717, 1.165) is 0 Å². The molecule has 128 valence electrons. The Morgan fingerprint density at radius 1 is 1.24 bits per heavy atom. The molecule has 0 fully saturated rings. The van der Waals surface area contributed by atoms with Crippen molar-refractivity contribution in [3.63, 3.8) is 0 Å². The van der Waals surface area contributed by atoms with Crippen LogP contribution in [0, 0.1) is 10.1 Å². The number of hydrogen-bond donors (Lipinski definition) is 1. The van der Waals surface area contributed by atoms with Crippen molar-refractivity contribution in [3.8, 4) is 17.2 Å². The number of nitro benzene ring substituents is 1. The third-order valence-corrected chi connectivity index (χ3v) is 3.65.